The van der Waals surface area contributed by atoms with Gasteiger partial charge in [-0.3, -0.25) is 0 Å². The predicted molar refractivity (Wildman–Crippen MR) is 65.0 cm³/mol. The highest BCUT2D eigenvalue weighted by atomic mass is 16.8. The Balaban J connectivity index is 1.75. The Morgan fingerprint density at radius 1 is 0.900 bits per heavy atom. The quantitative estimate of drug-likeness (QED) is 0.707. The van der Waals surface area contributed by atoms with E-state index in [-0.39, 0.29) is 18.8 Å². The smallest absolute Gasteiger partial charge is 0.430 e. The van der Waals surface area contributed by atoms with Crippen LogP contribution in [0.25, 0.3) is 0 Å². The van der Waals surface area contributed by atoms with E-state index >= 15 is 0 Å². The van der Waals surface area contributed by atoms with Crippen LogP contribution >= 0.6 is 0 Å². The van der Waals surface area contributed by atoms with Crippen LogP contribution < -0.4 is 0 Å². The molecule has 0 N–H and O–H groups in total. The van der Waals surface area contributed by atoms with E-state index in [2.05, 4.69) is 0 Å². The highest BCUT2D eigenvalue weighted by Crippen LogP contribution is 2.38. The van der Waals surface area contributed by atoms with Crippen molar-refractivity contribution in [1.82, 2.24) is 0 Å². The summed E-state index contributed by atoms with van der Waals surface area (Å²) in [6, 6.07) is 0. The Morgan fingerprint density at radius 2 is 1.55 bits per heavy atom. The molecule has 3 aliphatic rings. The zero-order chi connectivity index (χ0) is 14.5. The molecule has 7 heteroatoms. The van der Waals surface area contributed by atoms with Crippen molar-refractivity contribution < 1.29 is 33.2 Å². The molecule has 0 unspecified atom stereocenters. The molecule has 4 atom stereocenters. The molecule has 20 heavy (non-hydrogen) atoms. The number of hydrogen-bond acceptors (Lipinski definition) is 7. The normalized spacial score (nSPS) is 42.5. The summed E-state index contributed by atoms with van der Waals surface area (Å²) in [5.41, 5.74) is 0. The molecule has 0 aliphatic carbocycles. The second-order valence-electron chi connectivity index (χ2n) is 6.15. The van der Waals surface area contributed by atoms with Gasteiger partial charge in [-0.05, 0) is 27.7 Å². The number of carbonyl (C=O) groups is 1. The summed E-state index contributed by atoms with van der Waals surface area (Å²) in [6.45, 7) is 7.91. The molecule has 3 fully saturated rings. The lowest BCUT2D eigenvalue weighted by Gasteiger charge is -2.25. The average Bonchev–Trinajstić information content (AvgIpc) is 2.96. The molecular weight excluding hydrogens is 268 g/mol. The van der Waals surface area contributed by atoms with Crippen molar-refractivity contribution in [3.05, 3.63) is 0 Å². The van der Waals surface area contributed by atoms with Crippen LogP contribution in [-0.4, -0.2) is 55.4 Å². The lowest BCUT2D eigenvalue weighted by molar-refractivity contribution is -0.175. The van der Waals surface area contributed by atoms with Gasteiger partial charge in [0, 0.05) is 0 Å². The molecule has 0 amide bonds. The van der Waals surface area contributed by atoms with E-state index < -0.39 is 29.9 Å². The number of carbonyl (C=O) groups excluding carboxylic acids is 1. The third kappa shape index (κ3) is 2.63. The predicted octanol–water partition coefficient (Wildman–Crippen LogP) is 1.19. The summed E-state index contributed by atoms with van der Waals surface area (Å²) in [7, 11) is 0. The summed E-state index contributed by atoms with van der Waals surface area (Å²) >= 11 is 0. The van der Waals surface area contributed by atoms with Crippen molar-refractivity contribution in [2.75, 3.05) is 13.2 Å². The van der Waals surface area contributed by atoms with Gasteiger partial charge in [0.1, 0.15) is 24.9 Å². The van der Waals surface area contributed by atoms with Gasteiger partial charge in [0.15, 0.2) is 17.7 Å². The van der Waals surface area contributed by atoms with Crippen molar-refractivity contribution in [2.24, 2.45) is 0 Å². The van der Waals surface area contributed by atoms with Crippen molar-refractivity contribution in [3.63, 3.8) is 0 Å². The first-order valence-electron chi connectivity index (χ1n) is 6.77. The summed E-state index contributed by atoms with van der Waals surface area (Å²) in [5, 5.41) is 0. The van der Waals surface area contributed by atoms with E-state index in [4.69, 9.17) is 28.4 Å². The van der Waals surface area contributed by atoms with Crippen LogP contribution in [-0.2, 0) is 28.4 Å². The lowest BCUT2D eigenvalue weighted by Crippen LogP contribution is -2.44. The second-order valence-corrected chi connectivity index (χ2v) is 6.15. The molecule has 0 spiro atoms. The molecule has 0 aromatic heterocycles. The van der Waals surface area contributed by atoms with Crippen LogP contribution in [0.5, 0.6) is 0 Å². The van der Waals surface area contributed by atoms with Crippen molar-refractivity contribution in [1.29, 1.82) is 0 Å². The fraction of sp³-hybridized carbons (Fsp3) is 0.923. The third-order valence-corrected chi connectivity index (χ3v) is 3.54. The summed E-state index contributed by atoms with van der Waals surface area (Å²) in [4.78, 5) is 11.1. The molecule has 3 heterocycles. The summed E-state index contributed by atoms with van der Waals surface area (Å²) in [6.07, 6.45) is -2.23. The number of ether oxygens (including phenoxy) is 6. The van der Waals surface area contributed by atoms with Crippen molar-refractivity contribution in [2.45, 2.75) is 63.7 Å². The van der Waals surface area contributed by atoms with Crippen LogP contribution in [0.2, 0.25) is 0 Å². The Kier molecular flexibility index (Phi) is 3.20. The molecule has 0 radical (unpaired) electrons. The molecular formula is C13H20O7. The Labute approximate surface area is 117 Å². The van der Waals surface area contributed by atoms with Crippen molar-refractivity contribution in [3.8, 4) is 0 Å². The molecule has 0 aromatic rings. The van der Waals surface area contributed by atoms with Gasteiger partial charge in [0.2, 0.25) is 0 Å². The van der Waals surface area contributed by atoms with E-state index in [1.165, 1.54) is 0 Å². The molecule has 3 saturated heterocycles. The summed E-state index contributed by atoms with van der Waals surface area (Å²) in [5.74, 6) is -1.41. The fourth-order valence-electron chi connectivity index (χ4n) is 2.77. The topological polar surface area (TPSA) is 72.5 Å². The van der Waals surface area contributed by atoms with E-state index in [0.717, 1.165) is 0 Å². The van der Waals surface area contributed by atoms with Gasteiger partial charge >= 0.3 is 6.16 Å². The van der Waals surface area contributed by atoms with Gasteiger partial charge in [-0.15, -0.1) is 0 Å². The maximum atomic E-state index is 11.1. The molecule has 114 valence electrons. The van der Waals surface area contributed by atoms with E-state index in [9.17, 15) is 4.79 Å². The monoisotopic (exact) mass is 288 g/mol. The maximum absolute atomic E-state index is 11.1. The maximum Gasteiger partial charge on any atom is 0.508 e. The Hall–Kier alpha value is -0.890. The zero-order valence-corrected chi connectivity index (χ0v) is 12.1. The molecule has 7 nitrogen and oxygen atoms in total. The summed E-state index contributed by atoms with van der Waals surface area (Å²) < 4.78 is 33.1. The SMILES string of the molecule is CC1(C)O[C@H]([C@H]2COC(=O)O2)[C@@H]([C@H]2COC(C)(C)O2)O1. The molecule has 3 aliphatic heterocycles. The highest BCUT2D eigenvalue weighted by molar-refractivity contribution is 5.62. The van der Waals surface area contributed by atoms with E-state index in [1.807, 2.05) is 27.7 Å². The van der Waals surface area contributed by atoms with Crippen LogP contribution in [0.1, 0.15) is 27.7 Å². The number of rotatable bonds is 2. The second kappa shape index (κ2) is 4.56. The molecule has 3 rings (SSSR count). The van der Waals surface area contributed by atoms with E-state index in [1.54, 1.807) is 0 Å². The Morgan fingerprint density at radius 3 is 2.05 bits per heavy atom. The van der Waals surface area contributed by atoms with Crippen LogP contribution in [0.4, 0.5) is 4.79 Å². The first kappa shape index (κ1) is 14.1. The van der Waals surface area contributed by atoms with Gasteiger partial charge in [-0.25, -0.2) is 4.79 Å². The van der Waals surface area contributed by atoms with Gasteiger partial charge < -0.3 is 28.4 Å². The first-order chi connectivity index (χ1) is 9.26. The van der Waals surface area contributed by atoms with Crippen molar-refractivity contribution >= 4 is 6.16 Å². The van der Waals surface area contributed by atoms with Gasteiger partial charge in [-0.1, -0.05) is 0 Å². The first-order valence-corrected chi connectivity index (χ1v) is 6.77. The Bertz CT molecular complexity index is 406. The molecule has 0 bridgehead atoms. The standard InChI is InChI=1S/C13H20O7/c1-12(2)16-6-8(18-12)10-9(19-13(3,4)20-10)7-5-15-11(14)17-7/h7-10H,5-6H2,1-4H3/t7-,8-,9-,10-/m1/s1. The van der Waals surface area contributed by atoms with Gasteiger partial charge in [0.25, 0.3) is 0 Å². The number of cyclic esters (lactones) is 2. The molecule has 0 aromatic carbocycles. The van der Waals surface area contributed by atoms with Gasteiger partial charge in [0.05, 0.1) is 6.61 Å². The largest absolute Gasteiger partial charge is 0.508 e. The lowest BCUT2D eigenvalue weighted by atomic mass is 10.0. The fourth-order valence-corrected chi connectivity index (χ4v) is 2.77. The minimum absolute atomic E-state index is 0.163. The zero-order valence-electron chi connectivity index (χ0n) is 12.1. The molecule has 0 saturated carbocycles. The van der Waals surface area contributed by atoms with Crippen LogP contribution in [0, 0.1) is 0 Å². The highest BCUT2D eigenvalue weighted by Gasteiger charge is 2.54. The third-order valence-electron chi connectivity index (χ3n) is 3.54. The van der Waals surface area contributed by atoms with Crippen LogP contribution in [0.3, 0.4) is 0 Å². The van der Waals surface area contributed by atoms with Gasteiger partial charge in [-0.2, -0.15) is 0 Å². The minimum Gasteiger partial charge on any atom is -0.430 e. The van der Waals surface area contributed by atoms with Crippen LogP contribution in [0.15, 0.2) is 0 Å². The minimum atomic E-state index is -0.763. The number of hydrogen-bond donors (Lipinski definition) is 0. The average molecular weight is 288 g/mol. The van der Waals surface area contributed by atoms with E-state index in [0.29, 0.717) is 6.61 Å².